The number of nitrogens with two attached hydrogens (primary N) is 1. The number of nitrogen functional groups attached to an aromatic ring is 1. The standard InChI is InChI=1S/C10H14N6S/c1-16(6-8-3-2-4-12-5-8)7-9-14-15-10(13-11)17-9/h2-5H,6-7,11H2,1H3,(H,13,15). The van der Waals surface area contributed by atoms with Gasteiger partial charge in [0.25, 0.3) is 0 Å². The lowest BCUT2D eigenvalue weighted by atomic mass is 10.3. The number of nitrogens with zero attached hydrogens (tertiary/aromatic N) is 4. The highest BCUT2D eigenvalue weighted by atomic mass is 32.1. The van der Waals surface area contributed by atoms with E-state index in [1.807, 2.05) is 19.3 Å². The fourth-order valence-corrected chi connectivity index (χ4v) is 2.20. The molecule has 0 fully saturated rings. The summed E-state index contributed by atoms with van der Waals surface area (Å²) in [6.07, 6.45) is 3.64. The zero-order valence-corrected chi connectivity index (χ0v) is 10.3. The van der Waals surface area contributed by atoms with E-state index in [1.165, 1.54) is 16.9 Å². The number of anilines is 1. The Morgan fingerprint density at radius 3 is 2.94 bits per heavy atom. The first kappa shape index (κ1) is 11.9. The van der Waals surface area contributed by atoms with Crippen molar-refractivity contribution in [3.8, 4) is 0 Å². The van der Waals surface area contributed by atoms with Gasteiger partial charge in [-0.25, -0.2) is 5.84 Å². The van der Waals surface area contributed by atoms with Crippen LogP contribution in [0, 0.1) is 0 Å². The second kappa shape index (κ2) is 5.67. The van der Waals surface area contributed by atoms with Crippen molar-refractivity contribution in [1.29, 1.82) is 0 Å². The highest BCUT2D eigenvalue weighted by Crippen LogP contribution is 2.15. The summed E-state index contributed by atoms with van der Waals surface area (Å²) < 4.78 is 0. The van der Waals surface area contributed by atoms with E-state index < -0.39 is 0 Å². The van der Waals surface area contributed by atoms with Crippen LogP contribution in [0.2, 0.25) is 0 Å². The van der Waals surface area contributed by atoms with Crippen LogP contribution in [0.4, 0.5) is 5.13 Å². The van der Waals surface area contributed by atoms with Gasteiger partial charge >= 0.3 is 0 Å². The molecule has 7 heteroatoms. The quantitative estimate of drug-likeness (QED) is 0.605. The number of hydrogen-bond acceptors (Lipinski definition) is 7. The molecule has 6 nitrogen and oxygen atoms in total. The molecule has 90 valence electrons. The molecule has 0 saturated carbocycles. The first-order valence-corrected chi connectivity index (χ1v) is 5.96. The minimum Gasteiger partial charge on any atom is -0.298 e. The Kier molecular flexibility index (Phi) is 3.97. The highest BCUT2D eigenvalue weighted by Gasteiger charge is 2.06. The predicted molar refractivity (Wildman–Crippen MR) is 67.1 cm³/mol. The maximum Gasteiger partial charge on any atom is 0.219 e. The van der Waals surface area contributed by atoms with E-state index in [-0.39, 0.29) is 0 Å². The lowest BCUT2D eigenvalue weighted by Crippen LogP contribution is -2.17. The molecule has 3 N–H and O–H groups in total. The minimum absolute atomic E-state index is 0.634. The molecule has 0 aliphatic heterocycles. The Morgan fingerprint density at radius 2 is 2.29 bits per heavy atom. The predicted octanol–water partition coefficient (Wildman–Crippen LogP) is 0.851. The molecule has 2 aromatic rings. The number of hydrogen-bond donors (Lipinski definition) is 2. The molecule has 0 saturated heterocycles. The molecule has 2 heterocycles. The van der Waals surface area contributed by atoms with E-state index in [9.17, 15) is 0 Å². The van der Waals surface area contributed by atoms with E-state index in [2.05, 4.69) is 31.6 Å². The van der Waals surface area contributed by atoms with Crippen LogP contribution in [-0.4, -0.2) is 27.1 Å². The largest absolute Gasteiger partial charge is 0.298 e. The monoisotopic (exact) mass is 250 g/mol. The van der Waals surface area contributed by atoms with Gasteiger partial charge in [-0.15, -0.1) is 10.2 Å². The maximum absolute atomic E-state index is 5.25. The van der Waals surface area contributed by atoms with Crippen molar-refractivity contribution in [3.63, 3.8) is 0 Å². The van der Waals surface area contributed by atoms with E-state index in [0.717, 1.165) is 18.1 Å². The van der Waals surface area contributed by atoms with Gasteiger partial charge in [-0.05, 0) is 18.7 Å². The van der Waals surface area contributed by atoms with E-state index in [0.29, 0.717) is 5.13 Å². The normalized spacial score (nSPS) is 10.8. The van der Waals surface area contributed by atoms with Gasteiger partial charge in [0.15, 0.2) is 0 Å². The molecular formula is C10H14N6S. The number of pyridine rings is 1. The average Bonchev–Trinajstić information content (AvgIpc) is 2.78. The fraction of sp³-hybridized carbons (Fsp3) is 0.300. The molecule has 0 atom stereocenters. The van der Waals surface area contributed by atoms with Gasteiger partial charge in [0.05, 0.1) is 6.54 Å². The smallest absolute Gasteiger partial charge is 0.219 e. The summed E-state index contributed by atoms with van der Waals surface area (Å²) in [7, 11) is 2.03. The lowest BCUT2D eigenvalue weighted by Gasteiger charge is -2.14. The Hall–Kier alpha value is -1.57. The molecule has 0 aromatic carbocycles. The third kappa shape index (κ3) is 3.45. The number of rotatable bonds is 5. The number of aromatic nitrogens is 3. The van der Waals surface area contributed by atoms with Gasteiger partial charge in [0.1, 0.15) is 5.01 Å². The molecule has 2 rings (SSSR count). The molecule has 0 aliphatic carbocycles. The second-order valence-corrected chi connectivity index (χ2v) is 4.74. The van der Waals surface area contributed by atoms with Gasteiger partial charge in [0.2, 0.25) is 5.13 Å². The van der Waals surface area contributed by atoms with Crippen molar-refractivity contribution in [3.05, 3.63) is 35.1 Å². The average molecular weight is 250 g/mol. The summed E-state index contributed by atoms with van der Waals surface area (Å²) in [6, 6.07) is 3.99. The molecule has 0 spiro atoms. The number of hydrazine groups is 1. The summed E-state index contributed by atoms with van der Waals surface area (Å²) in [5.41, 5.74) is 3.66. The molecular weight excluding hydrogens is 236 g/mol. The van der Waals surface area contributed by atoms with E-state index >= 15 is 0 Å². The van der Waals surface area contributed by atoms with Gasteiger partial charge < -0.3 is 0 Å². The molecule has 2 aromatic heterocycles. The zero-order chi connectivity index (χ0) is 12.1. The van der Waals surface area contributed by atoms with E-state index in [1.54, 1.807) is 6.20 Å². The van der Waals surface area contributed by atoms with Crippen LogP contribution >= 0.6 is 11.3 Å². The topological polar surface area (TPSA) is 80.0 Å². The SMILES string of the molecule is CN(Cc1cccnc1)Cc1nnc(NN)s1. The second-order valence-electron chi connectivity index (χ2n) is 3.68. The van der Waals surface area contributed by atoms with Crippen LogP contribution in [0.25, 0.3) is 0 Å². The van der Waals surface area contributed by atoms with Crippen molar-refractivity contribution in [2.75, 3.05) is 12.5 Å². The third-order valence-corrected chi connectivity index (χ3v) is 3.01. The summed E-state index contributed by atoms with van der Waals surface area (Å²) >= 11 is 1.46. The molecule has 0 aliphatic rings. The van der Waals surface area contributed by atoms with Crippen molar-refractivity contribution < 1.29 is 0 Å². The first-order chi connectivity index (χ1) is 8.28. The van der Waals surface area contributed by atoms with Crippen LogP contribution in [0.3, 0.4) is 0 Å². The third-order valence-electron chi connectivity index (χ3n) is 2.17. The molecule has 0 bridgehead atoms. The Labute approximate surface area is 103 Å². The van der Waals surface area contributed by atoms with Gasteiger partial charge in [0, 0.05) is 18.9 Å². The molecule has 0 unspecified atom stereocenters. The summed E-state index contributed by atoms with van der Waals surface area (Å²) in [5, 5.41) is 9.49. The van der Waals surface area contributed by atoms with Gasteiger partial charge in [-0.2, -0.15) is 0 Å². The summed E-state index contributed by atoms with van der Waals surface area (Å²) in [5.74, 6) is 5.25. The van der Waals surface area contributed by atoms with Crippen LogP contribution in [-0.2, 0) is 13.1 Å². The summed E-state index contributed by atoms with van der Waals surface area (Å²) in [6.45, 7) is 1.58. The van der Waals surface area contributed by atoms with Crippen LogP contribution in [0.15, 0.2) is 24.5 Å². The van der Waals surface area contributed by atoms with E-state index in [4.69, 9.17) is 5.84 Å². The van der Waals surface area contributed by atoms with Crippen molar-refractivity contribution in [1.82, 2.24) is 20.1 Å². The lowest BCUT2D eigenvalue weighted by molar-refractivity contribution is 0.317. The summed E-state index contributed by atoms with van der Waals surface area (Å²) in [4.78, 5) is 6.23. The zero-order valence-electron chi connectivity index (χ0n) is 9.50. The fourth-order valence-electron chi connectivity index (χ4n) is 1.47. The Bertz CT molecular complexity index is 457. The molecule has 0 amide bonds. The minimum atomic E-state index is 0.634. The van der Waals surface area contributed by atoms with Crippen molar-refractivity contribution in [2.45, 2.75) is 13.1 Å². The van der Waals surface area contributed by atoms with Crippen molar-refractivity contribution >= 4 is 16.5 Å². The van der Waals surface area contributed by atoms with Crippen LogP contribution in [0.5, 0.6) is 0 Å². The molecule has 0 radical (unpaired) electrons. The Morgan fingerprint density at radius 1 is 1.41 bits per heavy atom. The molecule has 17 heavy (non-hydrogen) atoms. The Balaban J connectivity index is 1.91. The van der Waals surface area contributed by atoms with Crippen molar-refractivity contribution in [2.24, 2.45) is 5.84 Å². The van der Waals surface area contributed by atoms with Gasteiger partial charge in [-0.3, -0.25) is 15.3 Å². The number of nitrogens with one attached hydrogen (secondary N) is 1. The maximum atomic E-state index is 5.25. The van der Waals surface area contributed by atoms with Gasteiger partial charge in [-0.1, -0.05) is 17.4 Å². The van der Waals surface area contributed by atoms with Crippen LogP contribution in [0.1, 0.15) is 10.6 Å². The first-order valence-electron chi connectivity index (χ1n) is 5.14. The van der Waals surface area contributed by atoms with Crippen LogP contribution < -0.4 is 11.3 Å². The highest BCUT2D eigenvalue weighted by molar-refractivity contribution is 7.15.